The van der Waals surface area contributed by atoms with Gasteiger partial charge in [-0.2, -0.15) is 0 Å². The topological polar surface area (TPSA) is 43.3 Å². The van der Waals surface area contributed by atoms with E-state index in [-0.39, 0.29) is 5.56 Å². The average molecular weight is 317 g/mol. The summed E-state index contributed by atoms with van der Waals surface area (Å²) >= 11 is 3.24. The lowest BCUT2D eigenvalue weighted by atomic mass is 10.3. The maximum Gasteiger partial charge on any atom is 0.264 e. The summed E-state index contributed by atoms with van der Waals surface area (Å²) in [6.45, 7) is 6.11. The lowest BCUT2D eigenvalue weighted by molar-refractivity contribution is 0.143. The average Bonchev–Trinajstić information content (AvgIpc) is 2.37. The van der Waals surface area contributed by atoms with Crippen molar-refractivity contribution in [3.05, 3.63) is 33.2 Å². The second kappa shape index (κ2) is 9.30. The first kappa shape index (κ1) is 15.4. The standard InChI is InChI=1S/C13H21BrN2O2/c1-2-18-11-4-3-7-15-8-10-16-9-5-6-12(14)13(16)17/h5-6,9,15H,2-4,7-8,10-11H2,1H3. The summed E-state index contributed by atoms with van der Waals surface area (Å²) in [6, 6.07) is 3.63. The van der Waals surface area contributed by atoms with Crippen LogP contribution in [0.3, 0.4) is 0 Å². The molecule has 0 atom stereocenters. The largest absolute Gasteiger partial charge is 0.382 e. The lowest BCUT2D eigenvalue weighted by Crippen LogP contribution is -2.27. The molecule has 5 heteroatoms. The van der Waals surface area contributed by atoms with Gasteiger partial charge < -0.3 is 14.6 Å². The van der Waals surface area contributed by atoms with Crippen molar-refractivity contribution in [2.75, 3.05) is 26.3 Å². The van der Waals surface area contributed by atoms with E-state index in [9.17, 15) is 4.79 Å². The first-order chi connectivity index (χ1) is 8.75. The third-order valence-electron chi connectivity index (χ3n) is 2.60. The highest BCUT2D eigenvalue weighted by Gasteiger charge is 1.98. The zero-order valence-electron chi connectivity index (χ0n) is 10.8. The van der Waals surface area contributed by atoms with E-state index in [0.717, 1.165) is 39.1 Å². The van der Waals surface area contributed by atoms with Crippen LogP contribution in [0.4, 0.5) is 0 Å². The van der Waals surface area contributed by atoms with Gasteiger partial charge in [-0.05, 0) is 54.4 Å². The fourth-order valence-corrected chi connectivity index (χ4v) is 1.99. The third-order valence-corrected chi connectivity index (χ3v) is 3.20. The second-order valence-electron chi connectivity index (χ2n) is 4.01. The van der Waals surface area contributed by atoms with Crippen molar-refractivity contribution < 1.29 is 4.74 Å². The molecule has 0 spiro atoms. The van der Waals surface area contributed by atoms with E-state index in [4.69, 9.17) is 4.74 Å². The number of unbranched alkanes of at least 4 members (excludes halogenated alkanes) is 1. The van der Waals surface area contributed by atoms with E-state index in [1.807, 2.05) is 19.2 Å². The predicted octanol–water partition coefficient (Wildman–Crippen LogP) is 2.02. The highest BCUT2D eigenvalue weighted by molar-refractivity contribution is 9.10. The number of rotatable bonds is 9. The molecule has 0 aliphatic carbocycles. The van der Waals surface area contributed by atoms with Gasteiger partial charge in [0, 0.05) is 32.5 Å². The van der Waals surface area contributed by atoms with Gasteiger partial charge in [0.2, 0.25) is 0 Å². The molecular formula is C13H21BrN2O2. The van der Waals surface area contributed by atoms with Gasteiger partial charge >= 0.3 is 0 Å². The van der Waals surface area contributed by atoms with Gasteiger partial charge in [0.15, 0.2) is 0 Å². The summed E-state index contributed by atoms with van der Waals surface area (Å²) < 4.78 is 7.58. The maximum absolute atomic E-state index is 11.7. The Labute approximate surface area is 116 Å². The molecule has 0 aliphatic rings. The Bertz CT molecular complexity index is 393. The number of pyridine rings is 1. The fourth-order valence-electron chi connectivity index (χ4n) is 1.61. The first-order valence-corrected chi connectivity index (χ1v) is 7.18. The molecule has 4 nitrogen and oxygen atoms in total. The van der Waals surface area contributed by atoms with Gasteiger partial charge in [0.05, 0.1) is 4.47 Å². The van der Waals surface area contributed by atoms with Crippen LogP contribution < -0.4 is 10.9 Å². The van der Waals surface area contributed by atoms with Gasteiger partial charge in [-0.25, -0.2) is 0 Å². The minimum atomic E-state index is 0.0237. The zero-order chi connectivity index (χ0) is 13.2. The van der Waals surface area contributed by atoms with Gasteiger partial charge in [-0.1, -0.05) is 0 Å². The molecule has 1 aromatic heterocycles. The van der Waals surface area contributed by atoms with E-state index in [1.54, 1.807) is 10.6 Å². The number of halogens is 1. The van der Waals surface area contributed by atoms with E-state index in [1.165, 1.54) is 0 Å². The Morgan fingerprint density at radius 2 is 2.22 bits per heavy atom. The van der Waals surface area contributed by atoms with E-state index >= 15 is 0 Å². The Kier molecular flexibility index (Phi) is 7.96. The maximum atomic E-state index is 11.7. The van der Waals surface area contributed by atoms with Gasteiger partial charge in [-0.3, -0.25) is 4.79 Å². The molecule has 0 aliphatic heterocycles. The molecule has 102 valence electrons. The molecule has 0 fully saturated rings. The number of aromatic nitrogens is 1. The van der Waals surface area contributed by atoms with E-state index < -0.39 is 0 Å². The second-order valence-corrected chi connectivity index (χ2v) is 4.86. The Hall–Kier alpha value is -0.650. The number of hydrogen-bond acceptors (Lipinski definition) is 3. The van der Waals surface area contributed by atoms with E-state index in [2.05, 4.69) is 21.2 Å². The molecule has 1 aromatic rings. The summed E-state index contributed by atoms with van der Waals surface area (Å²) in [7, 11) is 0. The summed E-state index contributed by atoms with van der Waals surface area (Å²) in [6.07, 6.45) is 3.99. The van der Waals surface area contributed by atoms with Crippen LogP contribution in [0.25, 0.3) is 0 Å². The molecule has 0 bridgehead atoms. The van der Waals surface area contributed by atoms with Gasteiger partial charge in [0.1, 0.15) is 0 Å². The number of nitrogens with zero attached hydrogens (tertiary/aromatic N) is 1. The predicted molar refractivity (Wildman–Crippen MR) is 77.0 cm³/mol. The smallest absolute Gasteiger partial charge is 0.264 e. The molecule has 0 radical (unpaired) electrons. The molecule has 1 rings (SSSR count). The minimum absolute atomic E-state index is 0.0237. The van der Waals surface area contributed by atoms with Crippen molar-refractivity contribution in [3.8, 4) is 0 Å². The van der Waals surface area contributed by atoms with Crippen molar-refractivity contribution in [3.63, 3.8) is 0 Å². The third kappa shape index (κ3) is 5.80. The molecule has 0 aromatic carbocycles. The van der Waals surface area contributed by atoms with Crippen LogP contribution in [0.15, 0.2) is 27.6 Å². The SMILES string of the molecule is CCOCCCCNCCn1cccc(Br)c1=O. The van der Waals surface area contributed by atoms with Crippen LogP contribution in [-0.4, -0.2) is 30.9 Å². The zero-order valence-corrected chi connectivity index (χ0v) is 12.4. The number of hydrogen-bond donors (Lipinski definition) is 1. The normalized spacial score (nSPS) is 10.8. The Balaban J connectivity index is 2.11. The number of ether oxygens (including phenoxy) is 1. The van der Waals surface area contributed by atoms with Crippen molar-refractivity contribution in [2.45, 2.75) is 26.3 Å². The van der Waals surface area contributed by atoms with Crippen molar-refractivity contribution >= 4 is 15.9 Å². The Morgan fingerprint density at radius 3 is 3.00 bits per heavy atom. The first-order valence-electron chi connectivity index (χ1n) is 6.39. The molecule has 18 heavy (non-hydrogen) atoms. The molecule has 0 amide bonds. The molecule has 0 saturated carbocycles. The van der Waals surface area contributed by atoms with Crippen molar-refractivity contribution in [1.29, 1.82) is 0 Å². The minimum Gasteiger partial charge on any atom is -0.382 e. The highest BCUT2D eigenvalue weighted by atomic mass is 79.9. The molecular weight excluding hydrogens is 296 g/mol. The summed E-state index contributed by atoms with van der Waals surface area (Å²) in [5.74, 6) is 0. The molecule has 1 heterocycles. The van der Waals surface area contributed by atoms with Crippen LogP contribution in [0, 0.1) is 0 Å². The quantitative estimate of drug-likeness (QED) is 0.709. The fraction of sp³-hybridized carbons (Fsp3) is 0.615. The van der Waals surface area contributed by atoms with Crippen LogP contribution in [0.5, 0.6) is 0 Å². The number of nitrogens with one attached hydrogen (secondary N) is 1. The van der Waals surface area contributed by atoms with Crippen LogP contribution in [-0.2, 0) is 11.3 Å². The molecule has 0 unspecified atom stereocenters. The van der Waals surface area contributed by atoms with Crippen molar-refractivity contribution in [2.24, 2.45) is 0 Å². The van der Waals surface area contributed by atoms with Crippen LogP contribution in [0.2, 0.25) is 0 Å². The van der Waals surface area contributed by atoms with E-state index in [0.29, 0.717) is 11.0 Å². The Morgan fingerprint density at radius 1 is 1.39 bits per heavy atom. The van der Waals surface area contributed by atoms with Crippen LogP contribution in [0.1, 0.15) is 19.8 Å². The lowest BCUT2D eigenvalue weighted by Gasteiger charge is -2.07. The summed E-state index contributed by atoms with van der Waals surface area (Å²) in [5.41, 5.74) is 0.0237. The monoisotopic (exact) mass is 316 g/mol. The highest BCUT2D eigenvalue weighted by Crippen LogP contribution is 2.00. The molecule has 0 saturated heterocycles. The molecule has 1 N–H and O–H groups in total. The van der Waals surface area contributed by atoms with Gasteiger partial charge in [0.25, 0.3) is 5.56 Å². The summed E-state index contributed by atoms with van der Waals surface area (Å²) in [4.78, 5) is 11.7. The van der Waals surface area contributed by atoms with Gasteiger partial charge in [-0.15, -0.1) is 0 Å². The summed E-state index contributed by atoms with van der Waals surface area (Å²) in [5, 5.41) is 3.33. The van der Waals surface area contributed by atoms with Crippen molar-refractivity contribution in [1.82, 2.24) is 9.88 Å². The van der Waals surface area contributed by atoms with Crippen LogP contribution >= 0.6 is 15.9 Å².